The molecule has 0 atom stereocenters. The molecule has 0 unspecified atom stereocenters. The van der Waals surface area contributed by atoms with Crippen molar-refractivity contribution < 1.29 is 4.79 Å². The molecule has 0 spiro atoms. The van der Waals surface area contributed by atoms with E-state index < -0.39 is 0 Å². The lowest BCUT2D eigenvalue weighted by Gasteiger charge is -2.31. The number of hydrogen-bond donors (Lipinski definition) is 2. The largest absolute Gasteiger partial charge is 0.356 e. The molecule has 0 aromatic carbocycles. The molecule has 2 N–H and O–H groups in total. The average Bonchev–Trinajstić information content (AvgIpc) is 3.10. The normalized spacial score (nSPS) is 16.1. The van der Waals surface area contributed by atoms with E-state index in [1.807, 2.05) is 14.1 Å². The molecular formula is C20H42IN5O. The second-order valence-corrected chi connectivity index (χ2v) is 7.73. The number of carbonyl (C=O) groups excluding carboxylic acids is 1. The van der Waals surface area contributed by atoms with Crippen molar-refractivity contribution in [1.82, 2.24) is 20.4 Å². The maximum atomic E-state index is 12.6. The molecule has 0 aromatic rings. The Hall–Kier alpha value is -0.570. The van der Waals surface area contributed by atoms with E-state index >= 15 is 0 Å². The Morgan fingerprint density at radius 1 is 1.04 bits per heavy atom. The van der Waals surface area contributed by atoms with Crippen molar-refractivity contribution in [3.63, 3.8) is 0 Å². The van der Waals surface area contributed by atoms with Crippen molar-refractivity contribution in [2.45, 2.75) is 58.8 Å². The third-order valence-corrected chi connectivity index (χ3v) is 5.26. The number of hydrogen-bond acceptors (Lipinski definition) is 3. The Morgan fingerprint density at radius 3 is 2.11 bits per heavy atom. The highest BCUT2D eigenvalue weighted by atomic mass is 127. The van der Waals surface area contributed by atoms with Crippen molar-refractivity contribution in [3.8, 4) is 0 Å². The van der Waals surface area contributed by atoms with Gasteiger partial charge in [-0.3, -0.25) is 9.79 Å². The monoisotopic (exact) mass is 495 g/mol. The zero-order valence-electron chi connectivity index (χ0n) is 18.1. The number of nitrogens with one attached hydrogen (secondary N) is 2. The summed E-state index contributed by atoms with van der Waals surface area (Å²) in [5.74, 6) is 1.05. The van der Waals surface area contributed by atoms with Crippen molar-refractivity contribution in [3.05, 3.63) is 0 Å². The second-order valence-electron chi connectivity index (χ2n) is 7.73. The fourth-order valence-electron chi connectivity index (χ4n) is 3.94. The molecule has 1 saturated carbocycles. The lowest BCUT2D eigenvalue weighted by Crippen LogP contribution is -2.49. The van der Waals surface area contributed by atoms with Gasteiger partial charge in [0, 0.05) is 34.2 Å². The molecule has 7 heteroatoms. The molecule has 0 aromatic heterocycles. The van der Waals surface area contributed by atoms with Gasteiger partial charge in [-0.2, -0.15) is 0 Å². The predicted molar refractivity (Wildman–Crippen MR) is 126 cm³/mol. The van der Waals surface area contributed by atoms with Crippen molar-refractivity contribution in [1.29, 1.82) is 0 Å². The minimum atomic E-state index is -0.264. The highest BCUT2D eigenvalue weighted by Gasteiger charge is 2.42. The van der Waals surface area contributed by atoms with Crippen LogP contribution in [0.2, 0.25) is 0 Å². The summed E-state index contributed by atoms with van der Waals surface area (Å²) in [6.45, 7) is 9.52. The van der Waals surface area contributed by atoms with Crippen molar-refractivity contribution in [2.24, 2.45) is 10.4 Å². The van der Waals surface area contributed by atoms with Gasteiger partial charge in [-0.25, -0.2) is 0 Å². The van der Waals surface area contributed by atoms with Crippen LogP contribution < -0.4 is 10.6 Å². The number of carbonyl (C=O) groups is 1. The Morgan fingerprint density at radius 2 is 1.63 bits per heavy atom. The van der Waals surface area contributed by atoms with Crippen LogP contribution in [0.3, 0.4) is 0 Å². The van der Waals surface area contributed by atoms with Crippen molar-refractivity contribution >= 4 is 35.8 Å². The van der Waals surface area contributed by atoms with Crippen LogP contribution in [0.4, 0.5) is 0 Å². The minimum Gasteiger partial charge on any atom is -0.356 e. The molecule has 160 valence electrons. The zero-order chi connectivity index (χ0) is 19.4. The van der Waals surface area contributed by atoms with E-state index in [0.717, 1.165) is 51.2 Å². The van der Waals surface area contributed by atoms with Crippen LogP contribution in [0.1, 0.15) is 58.8 Å². The third-order valence-electron chi connectivity index (χ3n) is 5.26. The molecule has 0 bridgehead atoms. The summed E-state index contributed by atoms with van der Waals surface area (Å²) in [6, 6.07) is 0. The second kappa shape index (κ2) is 14.4. The van der Waals surface area contributed by atoms with Crippen LogP contribution in [-0.2, 0) is 4.79 Å². The number of amides is 1. The standard InChI is InChI=1S/C20H41N5O.HI/c1-6-14-25(15-7-2)16-10-13-22-19(21-3)23-17-20(11-8-9-12-20)18(26)24(4)5;/h6-17H2,1-5H3,(H2,21,22,23);1H. The summed E-state index contributed by atoms with van der Waals surface area (Å²) in [5.41, 5.74) is -0.264. The van der Waals surface area contributed by atoms with E-state index in [4.69, 9.17) is 0 Å². The van der Waals surface area contributed by atoms with Gasteiger partial charge < -0.3 is 20.4 Å². The summed E-state index contributed by atoms with van der Waals surface area (Å²) in [6.07, 6.45) is 7.73. The molecule has 27 heavy (non-hydrogen) atoms. The molecule has 1 aliphatic carbocycles. The molecule has 0 aliphatic heterocycles. The van der Waals surface area contributed by atoms with E-state index in [2.05, 4.69) is 34.4 Å². The number of halogens is 1. The first-order chi connectivity index (χ1) is 12.5. The van der Waals surface area contributed by atoms with Crippen LogP contribution in [-0.4, -0.2) is 75.5 Å². The van der Waals surface area contributed by atoms with Crippen LogP contribution in [0.25, 0.3) is 0 Å². The highest BCUT2D eigenvalue weighted by molar-refractivity contribution is 14.0. The Kier molecular flexibility index (Phi) is 14.1. The van der Waals surface area contributed by atoms with Gasteiger partial charge in [0.2, 0.25) is 5.91 Å². The molecule has 0 heterocycles. The van der Waals surface area contributed by atoms with Gasteiger partial charge in [0.05, 0.1) is 5.41 Å². The zero-order valence-corrected chi connectivity index (χ0v) is 20.5. The first kappa shape index (κ1) is 26.4. The summed E-state index contributed by atoms with van der Waals surface area (Å²) >= 11 is 0. The Balaban J connectivity index is 0.00000676. The molecular weight excluding hydrogens is 453 g/mol. The number of guanidine groups is 1. The smallest absolute Gasteiger partial charge is 0.230 e. The van der Waals surface area contributed by atoms with Crippen LogP contribution in [0.15, 0.2) is 4.99 Å². The van der Waals surface area contributed by atoms with E-state index in [-0.39, 0.29) is 35.3 Å². The molecule has 6 nitrogen and oxygen atoms in total. The van der Waals surface area contributed by atoms with Gasteiger partial charge in [-0.05, 0) is 51.7 Å². The SMILES string of the molecule is CCCN(CCC)CCCNC(=NC)NCC1(C(=O)N(C)C)CCCC1.I. The van der Waals surface area contributed by atoms with E-state index in [1.165, 1.54) is 25.9 Å². The Bertz CT molecular complexity index is 430. The minimum absolute atomic E-state index is 0. The average molecular weight is 495 g/mol. The van der Waals surface area contributed by atoms with E-state index in [0.29, 0.717) is 6.54 Å². The maximum absolute atomic E-state index is 12.6. The molecule has 1 fully saturated rings. The number of nitrogens with zero attached hydrogens (tertiary/aromatic N) is 3. The highest BCUT2D eigenvalue weighted by Crippen LogP contribution is 2.38. The third kappa shape index (κ3) is 8.98. The molecule has 1 amide bonds. The molecule has 0 radical (unpaired) electrons. The van der Waals surface area contributed by atoms with Gasteiger partial charge in [0.1, 0.15) is 0 Å². The fourth-order valence-corrected chi connectivity index (χ4v) is 3.94. The van der Waals surface area contributed by atoms with Crippen LogP contribution >= 0.6 is 24.0 Å². The molecule has 1 aliphatic rings. The van der Waals surface area contributed by atoms with E-state index in [9.17, 15) is 4.79 Å². The van der Waals surface area contributed by atoms with Gasteiger partial charge in [0.25, 0.3) is 0 Å². The van der Waals surface area contributed by atoms with Gasteiger partial charge in [-0.1, -0.05) is 26.7 Å². The van der Waals surface area contributed by atoms with Gasteiger partial charge in [-0.15, -0.1) is 24.0 Å². The van der Waals surface area contributed by atoms with Gasteiger partial charge >= 0.3 is 0 Å². The number of rotatable bonds is 11. The summed E-state index contributed by atoms with van der Waals surface area (Å²) in [7, 11) is 5.51. The molecule has 0 saturated heterocycles. The van der Waals surface area contributed by atoms with Gasteiger partial charge in [0.15, 0.2) is 5.96 Å². The van der Waals surface area contributed by atoms with Crippen LogP contribution in [0, 0.1) is 5.41 Å². The molecule has 1 rings (SSSR count). The first-order valence-electron chi connectivity index (χ1n) is 10.4. The first-order valence-corrected chi connectivity index (χ1v) is 10.4. The maximum Gasteiger partial charge on any atom is 0.230 e. The van der Waals surface area contributed by atoms with Crippen LogP contribution in [0.5, 0.6) is 0 Å². The quantitative estimate of drug-likeness (QED) is 0.200. The number of aliphatic imine (C=N–C) groups is 1. The summed E-state index contributed by atoms with van der Waals surface area (Å²) in [4.78, 5) is 21.2. The van der Waals surface area contributed by atoms with Crippen molar-refractivity contribution in [2.75, 3.05) is 53.9 Å². The summed E-state index contributed by atoms with van der Waals surface area (Å²) in [5, 5.41) is 6.81. The lowest BCUT2D eigenvalue weighted by molar-refractivity contribution is -0.138. The topological polar surface area (TPSA) is 60.0 Å². The predicted octanol–water partition coefficient (Wildman–Crippen LogP) is 2.93. The van der Waals surface area contributed by atoms with E-state index in [1.54, 1.807) is 11.9 Å². The Labute approximate surface area is 183 Å². The fraction of sp³-hybridized carbons (Fsp3) is 0.900. The lowest BCUT2D eigenvalue weighted by atomic mass is 9.84. The summed E-state index contributed by atoms with van der Waals surface area (Å²) < 4.78 is 0.